The third kappa shape index (κ3) is 2.42. The average molecular weight is 164 g/mol. The second-order valence-corrected chi connectivity index (χ2v) is 4.93. The van der Waals surface area contributed by atoms with Crippen LogP contribution < -0.4 is 0 Å². The molecule has 0 saturated carbocycles. The van der Waals surface area contributed by atoms with Crippen LogP contribution in [0.5, 0.6) is 0 Å². The molecule has 0 fully saturated rings. The predicted molar refractivity (Wildman–Crippen MR) is 50.4 cm³/mol. The minimum absolute atomic E-state index is 0.111. The Balaban J connectivity index is 4.01. The topological polar surface area (TPSA) is 0 Å². The van der Waals surface area contributed by atoms with Gasteiger partial charge in [0, 0.05) is 0 Å². The van der Waals surface area contributed by atoms with Gasteiger partial charge in [-0.05, 0) is 11.8 Å². The van der Waals surface area contributed by atoms with Gasteiger partial charge in [0.15, 0.2) is 0 Å². The molecule has 0 aliphatic rings. The molecule has 56 valence electrons. The highest BCUT2D eigenvalue weighted by Gasteiger charge is 2.28. The Morgan fingerprint density at radius 3 is 1.11 bits per heavy atom. The van der Waals surface area contributed by atoms with Crippen LogP contribution >= 0.6 is 25.3 Å². The van der Waals surface area contributed by atoms with Gasteiger partial charge < -0.3 is 0 Å². The molecule has 0 aliphatic carbocycles. The largest absolute Gasteiger partial charge is 0.161 e. The van der Waals surface area contributed by atoms with Gasteiger partial charge in [-0.3, -0.25) is 0 Å². The highest BCUT2D eigenvalue weighted by atomic mass is 32.2. The third-order valence-electron chi connectivity index (χ3n) is 1.70. The fourth-order valence-corrected chi connectivity index (χ4v) is 0.667. The van der Waals surface area contributed by atoms with Gasteiger partial charge in [0.25, 0.3) is 0 Å². The van der Waals surface area contributed by atoms with Gasteiger partial charge >= 0.3 is 0 Å². The van der Waals surface area contributed by atoms with Gasteiger partial charge in [0.1, 0.15) is 0 Å². The van der Waals surface area contributed by atoms with Crippen molar-refractivity contribution in [3.8, 4) is 0 Å². The second kappa shape index (κ2) is 3.20. The van der Waals surface area contributed by atoms with Crippen LogP contribution in [0.3, 0.4) is 0 Å². The van der Waals surface area contributed by atoms with E-state index in [0.717, 1.165) is 0 Å². The van der Waals surface area contributed by atoms with E-state index in [4.69, 9.17) is 0 Å². The van der Waals surface area contributed by atoms with E-state index in [9.17, 15) is 0 Å². The van der Waals surface area contributed by atoms with Gasteiger partial charge in [-0.2, -0.15) is 25.3 Å². The van der Waals surface area contributed by atoms with Crippen molar-refractivity contribution < 1.29 is 0 Å². The molecule has 0 radical (unpaired) electrons. The monoisotopic (exact) mass is 164 g/mol. The SMILES string of the molecule is CC(C)C(S)(S)C(C)C. The molecule has 0 aliphatic heterocycles. The smallest absolute Gasteiger partial charge is 0.0597 e. The molecule has 0 rings (SSSR count). The van der Waals surface area contributed by atoms with E-state index in [1.807, 2.05) is 0 Å². The van der Waals surface area contributed by atoms with E-state index in [1.165, 1.54) is 0 Å². The number of rotatable bonds is 2. The zero-order chi connectivity index (χ0) is 7.65. The summed E-state index contributed by atoms with van der Waals surface area (Å²) in [5.41, 5.74) is 0. The summed E-state index contributed by atoms with van der Waals surface area (Å²) >= 11 is 8.88. The van der Waals surface area contributed by atoms with E-state index < -0.39 is 0 Å². The van der Waals surface area contributed by atoms with Crippen LogP contribution in [0.1, 0.15) is 27.7 Å². The lowest BCUT2D eigenvalue weighted by Crippen LogP contribution is -2.27. The van der Waals surface area contributed by atoms with Crippen molar-refractivity contribution in [2.75, 3.05) is 0 Å². The van der Waals surface area contributed by atoms with Crippen molar-refractivity contribution in [3.63, 3.8) is 0 Å². The van der Waals surface area contributed by atoms with Crippen LogP contribution in [0.25, 0.3) is 0 Å². The standard InChI is InChI=1S/C7H16S2/c1-5(2)7(8,9)6(3)4/h5-6,8-9H,1-4H3. The van der Waals surface area contributed by atoms with Gasteiger partial charge in [0.05, 0.1) is 4.08 Å². The molecule has 0 spiro atoms. The summed E-state index contributed by atoms with van der Waals surface area (Å²) in [6.07, 6.45) is 0. The van der Waals surface area contributed by atoms with Crippen molar-refractivity contribution in [2.45, 2.75) is 31.8 Å². The summed E-state index contributed by atoms with van der Waals surface area (Å²) in [5, 5.41) is 0. The van der Waals surface area contributed by atoms with E-state index in [0.29, 0.717) is 11.8 Å². The van der Waals surface area contributed by atoms with Crippen LogP contribution in [0, 0.1) is 11.8 Å². The molecular weight excluding hydrogens is 148 g/mol. The quantitative estimate of drug-likeness (QED) is 0.455. The molecular formula is C7H16S2. The van der Waals surface area contributed by atoms with Crippen LogP contribution in [0.15, 0.2) is 0 Å². The van der Waals surface area contributed by atoms with Gasteiger partial charge in [0.2, 0.25) is 0 Å². The lowest BCUT2D eigenvalue weighted by atomic mass is 9.99. The Morgan fingerprint density at radius 1 is 0.889 bits per heavy atom. The summed E-state index contributed by atoms with van der Waals surface area (Å²) in [6, 6.07) is 0. The van der Waals surface area contributed by atoms with E-state index in [-0.39, 0.29) is 4.08 Å². The Labute approximate surface area is 69.2 Å². The molecule has 0 saturated heterocycles. The summed E-state index contributed by atoms with van der Waals surface area (Å²) < 4.78 is -0.111. The first-order valence-electron chi connectivity index (χ1n) is 3.33. The molecule has 0 atom stereocenters. The van der Waals surface area contributed by atoms with Gasteiger partial charge in [-0.1, -0.05) is 27.7 Å². The lowest BCUT2D eigenvalue weighted by molar-refractivity contribution is 0.456. The first-order valence-corrected chi connectivity index (χ1v) is 4.23. The molecule has 0 N–H and O–H groups in total. The highest BCUT2D eigenvalue weighted by Crippen LogP contribution is 2.36. The van der Waals surface area contributed by atoms with E-state index in [2.05, 4.69) is 53.0 Å². The van der Waals surface area contributed by atoms with E-state index in [1.54, 1.807) is 0 Å². The van der Waals surface area contributed by atoms with Crippen molar-refractivity contribution in [1.29, 1.82) is 0 Å². The van der Waals surface area contributed by atoms with Gasteiger partial charge in [-0.15, -0.1) is 0 Å². The summed E-state index contributed by atoms with van der Waals surface area (Å²) in [5.74, 6) is 1.04. The van der Waals surface area contributed by atoms with Crippen LogP contribution in [-0.2, 0) is 0 Å². The minimum Gasteiger partial charge on any atom is -0.161 e. The molecule has 2 heteroatoms. The van der Waals surface area contributed by atoms with Crippen LogP contribution in [0.4, 0.5) is 0 Å². The van der Waals surface area contributed by atoms with Crippen molar-refractivity contribution in [2.24, 2.45) is 11.8 Å². The number of hydrogen-bond acceptors (Lipinski definition) is 2. The second-order valence-electron chi connectivity index (χ2n) is 3.09. The molecule has 9 heavy (non-hydrogen) atoms. The maximum atomic E-state index is 4.44. The van der Waals surface area contributed by atoms with Crippen LogP contribution in [-0.4, -0.2) is 4.08 Å². The Bertz CT molecular complexity index is 74.9. The van der Waals surface area contributed by atoms with E-state index >= 15 is 0 Å². The van der Waals surface area contributed by atoms with Crippen molar-refractivity contribution >= 4 is 25.3 Å². The maximum Gasteiger partial charge on any atom is 0.0597 e. The van der Waals surface area contributed by atoms with Gasteiger partial charge in [-0.25, -0.2) is 0 Å². The Kier molecular flexibility index (Phi) is 3.45. The molecule has 0 unspecified atom stereocenters. The fourth-order valence-electron chi connectivity index (χ4n) is 0.667. The fraction of sp³-hybridized carbons (Fsp3) is 1.00. The molecule has 0 amide bonds. The maximum absolute atomic E-state index is 4.44. The van der Waals surface area contributed by atoms with Crippen molar-refractivity contribution in [1.82, 2.24) is 0 Å². The first-order chi connectivity index (χ1) is 3.89. The average Bonchev–Trinajstić information content (AvgIpc) is 1.65. The molecule has 0 nitrogen and oxygen atoms in total. The Morgan fingerprint density at radius 2 is 1.11 bits per heavy atom. The summed E-state index contributed by atoms with van der Waals surface area (Å²) in [7, 11) is 0. The third-order valence-corrected chi connectivity index (χ3v) is 3.77. The Hall–Kier alpha value is 0.700. The zero-order valence-corrected chi connectivity index (χ0v) is 8.34. The number of thiol groups is 2. The lowest BCUT2D eigenvalue weighted by Gasteiger charge is -2.31. The zero-order valence-electron chi connectivity index (χ0n) is 6.55. The summed E-state index contributed by atoms with van der Waals surface area (Å²) in [4.78, 5) is 0. The summed E-state index contributed by atoms with van der Waals surface area (Å²) in [6.45, 7) is 8.56. The first kappa shape index (κ1) is 9.70. The minimum atomic E-state index is -0.111. The highest BCUT2D eigenvalue weighted by molar-refractivity contribution is 8.00. The number of hydrogen-bond donors (Lipinski definition) is 2. The van der Waals surface area contributed by atoms with Crippen molar-refractivity contribution in [3.05, 3.63) is 0 Å². The predicted octanol–water partition coefficient (Wildman–Crippen LogP) is 2.85. The molecule has 0 aromatic carbocycles. The molecule has 0 aromatic heterocycles. The molecule has 0 aromatic rings. The normalized spacial score (nSPS) is 13.3. The van der Waals surface area contributed by atoms with Crippen LogP contribution in [0.2, 0.25) is 0 Å². The molecule has 0 bridgehead atoms. The molecule has 0 heterocycles.